The first kappa shape index (κ1) is 17.1. The molecule has 21 heavy (non-hydrogen) atoms. The molecule has 0 aliphatic heterocycles. The summed E-state index contributed by atoms with van der Waals surface area (Å²) < 4.78 is 6.76. The van der Waals surface area contributed by atoms with Gasteiger partial charge in [-0.3, -0.25) is 0 Å². The number of nitrogens with one attached hydrogen (secondary N) is 1. The van der Waals surface area contributed by atoms with E-state index in [1.165, 1.54) is 19.3 Å². The summed E-state index contributed by atoms with van der Waals surface area (Å²) >= 11 is 9.35. The Kier molecular flexibility index (Phi) is 6.80. The molecule has 1 aliphatic rings. The van der Waals surface area contributed by atoms with Crippen molar-refractivity contribution in [2.75, 3.05) is 18.5 Å². The summed E-state index contributed by atoms with van der Waals surface area (Å²) in [5.41, 5.74) is 0.921. The van der Waals surface area contributed by atoms with Crippen molar-refractivity contribution < 1.29 is 9.84 Å². The first-order chi connectivity index (χ1) is 10.1. The van der Waals surface area contributed by atoms with Crippen molar-refractivity contribution in [2.45, 2.75) is 44.8 Å². The molecule has 0 spiro atoms. The lowest BCUT2D eigenvalue weighted by molar-refractivity contribution is -0.0424. The van der Waals surface area contributed by atoms with Gasteiger partial charge in [-0.25, -0.2) is 0 Å². The fourth-order valence-corrected chi connectivity index (χ4v) is 3.51. The number of anilines is 1. The normalized spacial score (nSPS) is 23.8. The van der Waals surface area contributed by atoms with Gasteiger partial charge in [0.25, 0.3) is 0 Å². The smallest absolute Gasteiger partial charge is 0.0945 e. The van der Waals surface area contributed by atoms with Crippen molar-refractivity contribution in [3.8, 4) is 0 Å². The molecule has 0 amide bonds. The summed E-state index contributed by atoms with van der Waals surface area (Å²) in [6.45, 7) is 3.08. The summed E-state index contributed by atoms with van der Waals surface area (Å²) in [5.74, 6) is 0.601. The van der Waals surface area contributed by atoms with Gasteiger partial charge in [0.05, 0.1) is 18.8 Å². The van der Waals surface area contributed by atoms with Crippen molar-refractivity contribution in [1.29, 1.82) is 0 Å². The van der Waals surface area contributed by atoms with Crippen LogP contribution in [0, 0.1) is 5.92 Å². The number of halogens is 2. The molecule has 3 nitrogen and oxygen atoms in total. The van der Waals surface area contributed by atoms with Crippen molar-refractivity contribution in [3.05, 3.63) is 27.7 Å². The molecule has 0 radical (unpaired) electrons. The summed E-state index contributed by atoms with van der Waals surface area (Å²) in [7, 11) is 0. The number of hydrogen-bond donors (Lipinski definition) is 2. The van der Waals surface area contributed by atoms with Crippen LogP contribution in [0.2, 0.25) is 5.02 Å². The van der Waals surface area contributed by atoms with Crippen molar-refractivity contribution >= 4 is 33.2 Å². The van der Waals surface area contributed by atoms with Gasteiger partial charge in [0.1, 0.15) is 0 Å². The predicted octanol–water partition coefficient (Wildman–Crippen LogP) is 4.47. The van der Waals surface area contributed by atoms with Crippen LogP contribution in [0.4, 0.5) is 5.69 Å². The van der Waals surface area contributed by atoms with Crippen LogP contribution in [-0.4, -0.2) is 30.5 Å². The summed E-state index contributed by atoms with van der Waals surface area (Å²) in [5, 5.41) is 13.9. The molecule has 1 aromatic rings. The highest BCUT2D eigenvalue weighted by molar-refractivity contribution is 9.10. The third-order valence-electron chi connectivity index (χ3n) is 3.99. The molecule has 1 aromatic carbocycles. The zero-order valence-corrected chi connectivity index (χ0v) is 14.7. The quantitative estimate of drug-likeness (QED) is 0.769. The van der Waals surface area contributed by atoms with E-state index in [1.807, 2.05) is 18.2 Å². The molecule has 2 N–H and O–H groups in total. The Bertz CT molecular complexity index is 458. The molecule has 1 fully saturated rings. The Morgan fingerprint density at radius 2 is 2.19 bits per heavy atom. The molecule has 0 saturated heterocycles. The van der Waals surface area contributed by atoms with Crippen LogP contribution in [0.25, 0.3) is 0 Å². The number of aliphatic hydroxyl groups is 1. The van der Waals surface area contributed by atoms with Crippen LogP contribution in [0.3, 0.4) is 0 Å². The number of aliphatic hydroxyl groups excluding tert-OH is 1. The first-order valence-electron chi connectivity index (χ1n) is 7.55. The van der Waals surface area contributed by atoms with Gasteiger partial charge in [-0.2, -0.15) is 0 Å². The summed E-state index contributed by atoms with van der Waals surface area (Å²) in [6.07, 6.45) is 4.68. The molecule has 0 bridgehead atoms. The van der Waals surface area contributed by atoms with E-state index in [4.69, 9.17) is 16.3 Å². The highest BCUT2D eigenvalue weighted by atomic mass is 79.9. The molecular formula is C16H23BrClNO2. The van der Waals surface area contributed by atoms with Crippen LogP contribution in [0.5, 0.6) is 0 Å². The molecular weight excluding hydrogens is 354 g/mol. The van der Waals surface area contributed by atoms with Crippen LogP contribution in [0.1, 0.15) is 32.6 Å². The van der Waals surface area contributed by atoms with Gasteiger partial charge in [0, 0.05) is 21.7 Å². The Morgan fingerprint density at radius 3 is 2.90 bits per heavy atom. The maximum absolute atomic E-state index is 10.0. The Balaban J connectivity index is 1.73. The van der Waals surface area contributed by atoms with Crippen molar-refractivity contribution in [2.24, 2.45) is 5.92 Å². The Labute approximate surface area is 140 Å². The minimum Gasteiger partial charge on any atom is -0.389 e. The Morgan fingerprint density at radius 1 is 1.43 bits per heavy atom. The Hall–Kier alpha value is -0.290. The van der Waals surface area contributed by atoms with Crippen LogP contribution in [-0.2, 0) is 4.74 Å². The van der Waals surface area contributed by atoms with E-state index in [9.17, 15) is 5.11 Å². The van der Waals surface area contributed by atoms with Gasteiger partial charge < -0.3 is 15.2 Å². The molecule has 0 aromatic heterocycles. The maximum atomic E-state index is 10.0. The molecule has 1 aliphatic carbocycles. The second-order valence-electron chi connectivity index (χ2n) is 5.79. The van der Waals surface area contributed by atoms with E-state index in [0.29, 0.717) is 30.2 Å². The van der Waals surface area contributed by atoms with E-state index in [0.717, 1.165) is 16.6 Å². The SMILES string of the molecule is CC1CCCCC1OCC(O)CNc1ccc(Cl)cc1Br. The number of hydrogen-bond acceptors (Lipinski definition) is 3. The van der Waals surface area contributed by atoms with Crippen molar-refractivity contribution in [3.63, 3.8) is 0 Å². The second-order valence-corrected chi connectivity index (χ2v) is 7.08. The molecule has 1 saturated carbocycles. The van der Waals surface area contributed by atoms with Gasteiger partial charge in [-0.05, 0) is 52.9 Å². The zero-order valence-electron chi connectivity index (χ0n) is 12.3. The average Bonchev–Trinajstić information content (AvgIpc) is 2.45. The summed E-state index contributed by atoms with van der Waals surface area (Å²) in [4.78, 5) is 0. The highest BCUT2D eigenvalue weighted by Gasteiger charge is 2.22. The largest absolute Gasteiger partial charge is 0.389 e. The van der Waals surface area contributed by atoms with Gasteiger partial charge in [-0.1, -0.05) is 31.4 Å². The van der Waals surface area contributed by atoms with E-state index in [2.05, 4.69) is 28.2 Å². The molecule has 0 heterocycles. The maximum Gasteiger partial charge on any atom is 0.0945 e. The standard InChI is InChI=1S/C16H23BrClNO2/c1-11-4-2-3-5-16(11)21-10-13(20)9-19-15-7-6-12(18)8-14(15)17/h6-8,11,13,16,19-20H,2-5,9-10H2,1H3. The predicted molar refractivity (Wildman–Crippen MR) is 91.0 cm³/mol. The topological polar surface area (TPSA) is 41.5 Å². The third kappa shape index (κ3) is 5.44. The van der Waals surface area contributed by atoms with Gasteiger partial charge in [-0.15, -0.1) is 0 Å². The molecule has 5 heteroatoms. The van der Waals surface area contributed by atoms with Crippen LogP contribution < -0.4 is 5.32 Å². The number of rotatable bonds is 6. The molecule has 3 atom stereocenters. The lowest BCUT2D eigenvalue weighted by atomic mass is 9.88. The van der Waals surface area contributed by atoms with Crippen LogP contribution >= 0.6 is 27.5 Å². The van der Waals surface area contributed by atoms with E-state index in [1.54, 1.807) is 0 Å². The lowest BCUT2D eigenvalue weighted by Crippen LogP contribution is -2.32. The minimum absolute atomic E-state index is 0.302. The molecule has 2 rings (SSSR count). The van der Waals surface area contributed by atoms with Crippen molar-refractivity contribution in [1.82, 2.24) is 0 Å². The van der Waals surface area contributed by atoms with Gasteiger partial charge in [0.2, 0.25) is 0 Å². The minimum atomic E-state index is -0.512. The molecule has 118 valence electrons. The third-order valence-corrected chi connectivity index (χ3v) is 4.89. The highest BCUT2D eigenvalue weighted by Crippen LogP contribution is 2.27. The summed E-state index contributed by atoms with van der Waals surface area (Å²) in [6, 6.07) is 5.54. The number of ether oxygens (including phenoxy) is 1. The van der Waals surface area contributed by atoms with Gasteiger partial charge in [0.15, 0.2) is 0 Å². The first-order valence-corrected chi connectivity index (χ1v) is 8.72. The number of benzene rings is 1. The fourth-order valence-electron chi connectivity index (χ4n) is 2.68. The van der Waals surface area contributed by atoms with Crippen LogP contribution in [0.15, 0.2) is 22.7 Å². The second kappa shape index (κ2) is 8.37. The lowest BCUT2D eigenvalue weighted by Gasteiger charge is -2.29. The average molecular weight is 377 g/mol. The van der Waals surface area contributed by atoms with E-state index >= 15 is 0 Å². The monoisotopic (exact) mass is 375 g/mol. The molecule has 3 unspecified atom stereocenters. The van der Waals surface area contributed by atoms with E-state index in [-0.39, 0.29) is 0 Å². The fraction of sp³-hybridized carbons (Fsp3) is 0.625. The van der Waals surface area contributed by atoms with Gasteiger partial charge >= 0.3 is 0 Å². The zero-order chi connectivity index (χ0) is 15.2. The van der Waals surface area contributed by atoms with E-state index < -0.39 is 6.10 Å².